The average Bonchev–Trinajstić information content (AvgIpc) is 1.59. The van der Waals surface area contributed by atoms with Gasteiger partial charge >= 0.3 is 0 Å². The first kappa shape index (κ1) is 6.14. The second-order valence-corrected chi connectivity index (χ2v) is 2.26. The van der Waals surface area contributed by atoms with E-state index in [2.05, 4.69) is 11.9 Å². The van der Waals surface area contributed by atoms with Crippen molar-refractivity contribution < 1.29 is 0 Å². The number of nitrogens with zero attached hydrogens (tertiary/aromatic N) is 1. The molecule has 0 spiro atoms. The second kappa shape index (κ2) is 2.09. The van der Waals surface area contributed by atoms with Crippen molar-refractivity contribution in [2.75, 3.05) is 0 Å². The summed E-state index contributed by atoms with van der Waals surface area (Å²) in [5.74, 6) is 0. The summed E-state index contributed by atoms with van der Waals surface area (Å²) in [4.78, 5) is 0. The summed E-state index contributed by atoms with van der Waals surface area (Å²) in [6, 6.07) is 0. The Hall–Kier alpha value is -0.980. The molecule has 0 radical (unpaired) electrons. The van der Waals surface area contributed by atoms with Crippen LogP contribution >= 0.6 is 0 Å². The van der Waals surface area contributed by atoms with Crippen LogP contribution in [0.25, 0.3) is 5.32 Å². The summed E-state index contributed by atoms with van der Waals surface area (Å²) < 4.78 is 0. The summed E-state index contributed by atoms with van der Waals surface area (Å²) >= 11 is 0. The highest BCUT2D eigenvalue weighted by atomic mass is 14.9. The smallest absolute Gasteiger partial charge is 0.0359 e. The number of hydrogen-bond donors (Lipinski definition) is 0. The number of rotatable bonds is 0. The summed E-state index contributed by atoms with van der Waals surface area (Å²) in [6.07, 6.45) is 3.93. The van der Waals surface area contributed by atoms with Crippen molar-refractivity contribution in [1.29, 1.82) is 0 Å². The molecule has 0 N–H and O–H groups in total. The Morgan fingerprint density at radius 2 is 1.67 bits per heavy atom. The quantitative estimate of drug-likeness (QED) is 0.466. The van der Waals surface area contributed by atoms with Crippen LogP contribution in [-0.4, -0.2) is 0 Å². The lowest BCUT2D eigenvalue weighted by molar-refractivity contribution is 1.30. The first-order valence-electron chi connectivity index (χ1n) is 2.96. The van der Waals surface area contributed by atoms with Crippen LogP contribution in [0.5, 0.6) is 0 Å². The van der Waals surface area contributed by atoms with Gasteiger partial charge in [0.25, 0.3) is 0 Å². The van der Waals surface area contributed by atoms with Gasteiger partial charge in [-0.2, -0.15) is 11.4 Å². The van der Waals surface area contributed by atoms with E-state index in [1.165, 1.54) is 0 Å². The van der Waals surface area contributed by atoms with Crippen molar-refractivity contribution in [3.63, 3.8) is 0 Å². The first-order chi connectivity index (χ1) is 4.18. The molecule has 0 atom stereocenters. The minimum atomic E-state index is 1.04. The van der Waals surface area contributed by atoms with E-state index < -0.39 is 0 Å². The SMILES string of the molecule is C=C1C=C(C)[N-]C(C)=C1. The Balaban J connectivity index is 2.81. The van der Waals surface area contributed by atoms with E-state index in [-0.39, 0.29) is 0 Å². The summed E-state index contributed by atoms with van der Waals surface area (Å²) in [6.45, 7) is 7.75. The third-order valence-electron chi connectivity index (χ3n) is 1.14. The molecule has 1 heteroatoms. The van der Waals surface area contributed by atoms with Gasteiger partial charge in [0.2, 0.25) is 0 Å². The van der Waals surface area contributed by atoms with Crippen LogP contribution in [-0.2, 0) is 0 Å². The molecule has 0 aliphatic carbocycles. The molecule has 1 aliphatic heterocycles. The lowest BCUT2D eigenvalue weighted by atomic mass is 10.1. The van der Waals surface area contributed by atoms with E-state index >= 15 is 0 Å². The van der Waals surface area contributed by atoms with E-state index in [9.17, 15) is 0 Å². The molecule has 0 unspecified atom stereocenters. The fraction of sp³-hybridized carbons (Fsp3) is 0.250. The third-order valence-corrected chi connectivity index (χ3v) is 1.14. The number of hydrogen-bond acceptors (Lipinski definition) is 0. The van der Waals surface area contributed by atoms with Gasteiger partial charge < -0.3 is 5.32 Å². The van der Waals surface area contributed by atoms with Gasteiger partial charge in [-0.15, -0.1) is 0 Å². The topological polar surface area (TPSA) is 14.1 Å². The lowest BCUT2D eigenvalue weighted by Gasteiger charge is -2.27. The molecule has 1 rings (SSSR count). The normalized spacial score (nSPS) is 18.2. The molecule has 0 bridgehead atoms. The van der Waals surface area contributed by atoms with Gasteiger partial charge in [0, 0.05) is 0 Å². The van der Waals surface area contributed by atoms with Crippen molar-refractivity contribution >= 4 is 0 Å². The fourth-order valence-corrected chi connectivity index (χ4v) is 0.921. The highest BCUT2D eigenvalue weighted by Crippen LogP contribution is 2.21. The molecule has 0 fully saturated rings. The molecule has 0 saturated carbocycles. The zero-order valence-corrected chi connectivity index (χ0v) is 5.81. The third kappa shape index (κ3) is 1.46. The molecule has 1 aliphatic rings. The average molecular weight is 120 g/mol. The molecule has 48 valence electrons. The van der Waals surface area contributed by atoms with Gasteiger partial charge in [0.1, 0.15) is 0 Å². The molecule has 9 heavy (non-hydrogen) atoms. The predicted octanol–water partition coefficient (Wildman–Crippen LogP) is 2.74. The van der Waals surface area contributed by atoms with Crippen molar-refractivity contribution in [2.24, 2.45) is 0 Å². The van der Waals surface area contributed by atoms with Crippen molar-refractivity contribution in [1.82, 2.24) is 0 Å². The van der Waals surface area contributed by atoms with E-state index in [0.717, 1.165) is 17.0 Å². The summed E-state index contributed by atoms with van der Waals surface area (Å²) in [5.41, 5.74) is 3.12. The van der Waals surface area contributed by atoms with Crippen LogP contribution in [0, 0.1) is 0 Å². The van der Waals surface area contributed by atoms with Crippen LogP contribution in [0.1, 0.15) is 13.8 Å². The number of allylic oxidation sites excluding steroid dienone is 5. The molecular weight excluding hydrogens is 110 g/mol. The Kier molecular flexibility index (Phi) is 1.43. The van der Waals surface area contributed by atoms with E-state index in [1.807, 2.05) is 26.0 Å². The monoisotopic (exact) mass is 120 g/mol. The van der Waals surface area contributed by atoms with Crippen molar-refractivity contribution in [3.8, 4) is 0 Å². The largest absolute Gasteiger partial charge is 0.665 e. The van der Waals surface area contributed by atoms with E-state index in [4.69, 9.17) is 0 Å². The van der Waals surface area contributed by atoms with E-state index in [0.29, 0.717) is 0 Å². The zero-order valence-electron chi connectivity index (χ0n) is 5.81. The minimum absolute atomic E-state index is 1.04. The Bertz CT molecular complexity index is 177. The Morgan fingerprint density at radius 3 is 2.00 bits per heavy atom. The van der Waals surface area contributed by atoms with E-state index in [1.54, 1.807) is 0 Å². The van der Waals surface area contributed by atoms with Crippen LogP contribution in [0.4, 0.5) is 0 Å². The highest BCUT2D eigenvalue weighted by Gasteiger charge is 1.86. The maximum atomic E-state index is 4.19. The van der Waals surface area contributed by atoms with Crippen LogP contribution < -0.4 is 0 Å². The van der Waals surface area contributed by atoms with Gasteiger partial charge in [0.15, 0.2) is 0 Å². The highest BCUT2D eigenvalue weighted by molar-refractivity contribution is 5.46. The maximum Gasteiger partial charge on any atom is -0.0359 e. The van der Waals surface area contributed by atoms with Crippen molar-refractivity contribution in [2.45, 2.75) is 13.8 Å². The Morgan fingerprint density at radius 1 is 1.22 bits per heavy atom. The van der Waals surface area contributed by atoms with Crippen LogP contribution in [0.3, 0.4) is 0 Å². The van der Waals surface area contributed by atoms with Crippen molar-refractivity contribution in [3.05, 3.63) is 41.0 Å². The molecule has 0 aromatic heterocycles. The molecule has 1 nitrogen and oxygen atoms in total. The maximum absolute atomic E-state index is 4.19. The molecular formula is C8H10N-. The summed E-state index contributed by atoms with van der Waals surface area (Å²) in [7, 11) is 0. The first-order valence-corrected chi connectivity index (χ1v) is 2.96. The second-order valence-electron chi connectivity index (χ2n) is 2.26. The molecule has 1 heterocycles. The van der Waals surface area contributed by atoms with Gasteiger partial charge in [0.05, 0.1) is 0 Å². The van der Waals surface area contributed by atoms with Gasteiger partial charge in [-0.05, 0) is 5.57 Å². The molecule has 0 aromatic rings. The fourth-order valence-electron chi connectivity index (χ4n) is 0.921. The van der Waals surface area contributed by atoms with Gasteiger partial charge in [-0.25, -0.2) is 0 Å². The molecule has 0 amide bonds. The standard InChI is InChI=1S/C8H10N/c1-6-4-7(2)9-8(3)5-6/h4-5H,1H2,2-3H3/q-1. The molecule has 0 aromatic carbocycles. The predicted molar refractivity (Wildman–Crippen MR) is 40.0 cm³/mol. The lowest BCUT2D eigenvalue weighted by Crippen LogP contribution is -1.85. The van der Waals surface area contributed by atoms with Crippen LogP contribution in [0.2, 0.25) is 0 Å². The minimum Gasteiger partial charge on any atom is -0.665 e. The van der Waals surface area contributed by atoms with Gasteiger partial charge in [-0.1, -0.05) is 32.6 Å². The van der Waals surface area contributed by atoms with Gasteiger partial charge in [-0.3, -0.25) is 0 Å². The van der Waals surface area contributed by atoms with Crippen LogP contribution in [0.15, 0.2) is 35.7 Å². The summed E-state index contributed by atoms with van der Waals surface area (Å²) in [5, 5.41) is 4.19. The molecule has 0 saturated heterocycles. The Labute approximate surface area is 55.8 Å². The zero-order chi connectivity index (χ0) is 6.85.